The van der Waals surface area contributed by atoms with Crippen molar-refractivity contribution in [2.24, 2.45) is 10.1 Å². The molecule has 2 atom stereocenters. The number of amidine groups is 1. The van der Waals surface area contributed by atoms with Crippen LogP contribution in [-0.4, -0.2) is 40.1 Å². The van der Waals surface area contributed by atoms with Gasteiger partial charge in [-0.05, 0) is 47.5 Å². The van der Waals surface area contributed by atoms with Gasteiger partial charge in [-0.25, -0.2) is 13.8 Å². The molecule has 0 aliphatic carbocycles. The Morgan fingerprint density at radius 2 is 1.81 bits per heavy atom. The summed E-state index contributed by atoms with van der Waals surface area (Å²) in [7, 11) is 1.59. The van der Waals surface area contributed by atoms with E-state index in [4.69, 9.17) is 9.84 Å². The van der Waals surface area contributed by atoms with Crippen LogP contribution in [0.2, 0.25) is 0 Å². The molecule has 10 heteroatoms. The van der Waals surface area contributed by atoms with E-state index >= 15 is 0 Å². The number of aliphatic imine (C=N–C) groups is 1. The molecule has 0 saturated carbocycles. The Balaban J connectivity index is 1.36. The number of carbonyl (C=O) groups excluding carboxylic acids is 2. The first-order chi connectivity index (χ1) is 17.9. The molecule has 0 spiro atoms. The van der Waals surface area contributed by atoms with E-state index in [1.807, 2.05) is 24.3 Å². The third kappa shape index (κ3) is 5.39. The molecule has 0 bridgehead atoms. The third-order valence-electron chi connectivity index (χ3n) is 6.03. The van der Waals surface area contributed by atoms with Crippen LogP contribution in [0.4, 0.5) is 14.5 Å². The number of benzene rings is 3. The SMILES string of the molecule is COc1ccc([C@@H]2CC(c3ccc(F)cc3)=NN2C2=NC(=O)[C@@H](CC(=O)Nc3ccccc3F)S2)cc1. The first kappa shape index (κ1) is 24.6. The quantitative estimate of drug-likeness (QED) is 0.486. The van der Waals surface area contributed by atoms with Crippen molar-refractivity contribution in [3.8, 4) is 5.75 Å². The average Bonchev–Trinajstić information content (AvgIpc) is 3.50. The lowest BCUT2D eigenvalue weighted by Crippen LogP contribution is -2.25. The smallest absolute Gasteiger partial charge is 0.262 e. The monoisotopic (exact) mass is 520 g/mol. The largest absolute Gasteiger partial charge is 0.497 e. The number of anilines is 1. The highest BCUT2D eigenvalue weighted by atomic mass is 32.2. The lowest BCUT2D eigenvalue weighted by Gasteiger charge is -2.23. The van der Waals surface area contributed by atoms with Crippen molar-refractivity contribution in [3.63, 3.8) is 0 Å². The molecule has 1 N–H and O–H groups in total. The van der Waals surface area contributed by atoms with Gasteiger partial charge in [0, 0.05) is 12.8 Å². The Morgan fingerprint density at radius 3 is 2.51 bits per heavy atom. The summed E-state index contributed by atoms with van der Waals surface area (Å²) in [5.41, 5.74) is 2.46. The summed E-state index contributed by atoms with van der Waals surface area (Å²) in [5, 5.41) is 8.53. The topological polar surface area (TPSA) is 83.4 Å². The van der Waals surface area contributed by atoms with Crippen LogP contribution in [0.25, 0.3) is 0 Å². The van der Waals surface area contributed by atoms with Crippen molar-refractivity contribution < 1.29 is 23.1 Å². The molecule has 37 heavy (non-hydrogen) atoms. The standard InChI is InChI=1S/C27H22F2N4O3S/c1-36-19-12-8-17(9-13-19)23-14-22(16-6-10-18(28)11-7-16)32-33(23)27-31-26(35)24(37-27)15-25(34)30-21-5-3-2-4-20(21)29/h2-13,23-24H,14-15H2,1H3,(H,30,34)/t23-,24+/m0/s1. The number of nitrogens with zero attached hydrogens (tertiary/aromatic N) is 3. The first-order valence-electron chi connectivity index (χ1n) is 11.5. The van der Waals surface area contributed by atoms with Crippen LogP contribution >= 0.6 is 11.8 Å². The zero-order valence-corrected chi connectivity index (χ0v) is 20.5. The number of thioether (sulfide) groups is 1. The zero-order valence-electron chi connectivity index (χ0n) is 19.7. The normalized spacial score (nSPS) is 19.0. The van der Waals surface area contributed by atoms with Gasteiger partial charge in [0.2, 0.25) is 5.91 Å². The van der Waals surface area contributed by atoms with Crippen LogP contribution in [0.5, 0.6) is 5.75 Å². The van der Waals surface area contributed by atoms with E-state index in [1.165, 1.54) is 30.3 Å². The summed E-state index contributed by atoms with van der Waals surface area (Å²) >= 11 is 1.14. The van der Waals surface area contributed by atoms with Gasteiger partial charge in [0.05, 0.1) is 24.6 Å². The van der Waals surface area contributed by atoms with Crippen molar-refractivity contribution in [2.75, 3.05) is 12.4 Å². The molecule has 0 radical (unpaired) electrons. The number of hydrazone groups is 1. The van der Waals surface area contributed by atoms with Gasteiger partial charge in [0.15, 0.2) is 5.17 Å². The number of halogens is 2. The number of ether oxygens (including phenoxy) is 1. The van der Waals surface area contributed by atoms with Crippen molar-refractivity contribution in [1.29, 1.82) is 0 Å². The van der Waals surface area contributed by atoms with Crippen molar-refractivity contribution in [3.05, 3.63) is 95.6 Å². The fraction of sp³-hybridized carbons (Fsp3) is 0.185. The van der Waals surface area contributed by atoms with Crippen molar-refractivity contribution >= 4 is 40.1 Å². The Bertz CT molecular complexity index is 1390. The molecule has 2 aliphatic heterocycles. The molecule has 2 heterocycles. The number of nitrogens with one attached hydrogen (secondary N) is 1. The van der Waals surface area contributed by atoms with Gasteiger partial charge < -0.3 is 10.1 Å². The lowest BCUT2D eigenvalue weighted by atomic mass is 9.98. The second-order valence-electron chi connectivity index (χ2n) is 8.46. The molecule has 2 aliphatic rings. The molecule has 3 aromatic carbocycles. The van der Waals surface area contributed by atoms with E-state index in [-0.39, 0.29) is 24.0 Å². The second-order valence-corrected chi connectivity index (χ2v) is 9.63. The van der Waals surface area contributed by atoms with Gasteiger partial charge in [0.25, 0.3) is 5.91 Å². The van der Waals surface area contributed by atoms with Gasteiger partial charge in [0.1, 0.15) is 22.6 Å². The van der Waals surface area contributed by atoms with Crippen LogP contribution < -0.4 is 10.1 Å². The Morgan fingerprint density at radius 1 is 1.08 bits per heavy atom. The first-order valence-corrected chi connectivity index (χ1v) is 12.4. The van der Waals surface area contributed by atoms with Gasteiger partial charge in [-0.15, -0.1) is 0 Å². The maximum Gasteiger partial charge on any atom is 0.262 e. The van der Waals surface area contributed by atoms with Gasteiger partial charge >= 0.3 is 0 Å². The van der Waals surface area contributed by atoms with Crippen LogP contribution in [0.3, 0.4) is 0 Å². The highest BCUT2D eigenvalue weighted by Crippen LogP contribution is 2.39. The Hall–Kier alpha value is -4.05. The van der Waals surface area contributed by atoms with E-state index in [1.54, 1.807) is 30.3 Å². The fourth-order valence-electron chi connectivity index (χ4n) is 4.13. The highest BCUT2D eigenvalue weighted by Gasteiger charge is 2.39. The fourth-order valence-corrected chi connectivity index (χ4v) is 5.19. The summed E-state index contributed by atoms with van der Waals surface area (Å²) in [6.07, 6.45) is 0.338. The van der Waals surface area contributed by atoms with Crippen molar-refractivity contribution in [2.45, 2.75) is 24.1 Å². The van der Waals surface area contributed by atoms with E-state index in [2.05, 4.69) is 10.3 Å². The van der Waals surface area contributed by atoms with E-state index < -0.39 is 22.9 Å². The highest BCUT2D eigenvalue weighted by molar-refractivity contribution is 8.15. The predicted molar refractivity (Wildman–Crippen MR) is 139 cm³/mol. The minimum absolute atomic E-state index is 0.0525. The molecule has 0 fully saturated rings. The molecule has 2 amide bonds. The number of rotatable bonds is 6. The van der Waals surface area contributed by atoms with Crippen LogP contribution in [0.15, 0.2) is 82.9 Å². The summed E-state index contributed by atoms with van der Waals surface area (Å²) in [5.74, 6) is -1.14. The molecule has 0 unspecified atom stereocenters. The number of carbonyl (C=O) groups is 2. The van der Waals surface area contributed by atoms with Gasteiger partial charge in [-0.2, -0.15) is 10.1 Å². The molecule has 188 valence electrons. The average molecular weight is 521 g/mol. The van der Waals surface area contributed by atoms with Crippen molar-refractivity contribution in [1.82, 2.24) is 5.01 Å². The Labute approximate surface area is 216 Å². The number of hydrogen-bond acceptors (Lipinski definition) is 6. The molecule has 0 aromatic heterocycles. The molecule has 5 rings (SSSR count). The minimum Gasteiger partial charge on any atom is -0.497 e. The zero-order chi connectivity index (χ0) is 25.9. The van der Waals surface area contributed by atoms with Gasteiger partial charge in [-0.1, -0.05) is 48.2 Å². The molecule has 0 saturated heterocycles. The molecule has 3 aromatic rings. The minimum atomic E-state index is -0.761. The summed E-state index contributed by atoms with van der Waals surface area (Å²) in [4.78, 5) is 29.4. The van der Waals surface area contributed by atoms with Gasteiger partial charge in [-0.3, -0.25) is 9.59 Å². The number of methoxy groups -OCH3 is 1. The number of amides is 2. The van der Waals surface area contributed by atoms with Crippen LogP contribution in [0.1, 0.15) is 30.0 Å². The number of para-hydroxylation sites is 1. The maximum atomic E-state index is 13.9. The van der Waals surface area contributed by atoms with Crippen LogP contribution in [0, 0.1) is 11.6 Å². The Kier molecular flexibility index (Phi) is 7.00. The van der Waals surface area contributed by atoms with E-state index in [0.29, 0.717) is 17.3 Å². The van der Waals surface area contributed by atoms with Crippen LogP contribution in [-0.2, 0) is 9.59 Å². The summed E-state index contributed by atoms with van der Waals surface area (Å²) in [6, 6.07) is 19.2. The third-order valence-corrected chi connectivity index (χ3v) is 7.17. The number of hydrogen-bond donors (Lipinski definition) is 1. The maximum absolute atomic E-state index is 13.9. The van der Waals surface area contributed by atoms with E-state index in [0.717, 1.165) is 28.6 Å². The molecule has 7 nitrogen and oxygen atoms in total. The summed E-state index contributed by atoms with van der Waals surface area (Å²) in [6.45, 7) is 0. The predicted octanol–water partition coefficient (Wildman–Crippen LogP) is 5.15. The molecular formula is C27H22F2N4O3S. The summed E-state index contributed by atoms with van der Waals surface area (Å²) < 4.78 is 32.6. The molecular weight excluding hydrogens is 498 g/mol. The van der Waals surface area contributed by atoms with E-state index in [9.17, 15) is 18.4 Å². The second kappa shape index (κ2) is 10.5. The lowest BCUT2D eigenvalue weighted by molar-refractivity contribution is -0.121.